The van der Waals surface area contributed by atoms with Gasteiger partial charge in [-0.3, -0.25) is 9.59 Å². The molecule has 1 aromatic carbocycles. The summed E-state index contributed by atoms with van der Waals surface area (Å²) >= 11 is 0. The minimum Gasteiger partial charge on any atom is -0.436 e. The number of hydrogen-bond acceptors (Lipinski definition) is 8. The second kappa shape index (κ2) is 11.5. The number of carbonyl (C=O) groups excluding carboxylic acids is 2. The number of aromatic nitrogens is 2. The van der Waals surface area contributed by atoms with Crippen molar-refractivity contribution in [1.29, 1.82) is 0 Å². The number of aliphatic hydroxyl groups excluding tert-OH is 1. The lowest BCUT2D eigenvalue weighted by atomic mass is 10.0. The molecule has 10 nitrogen and oxygen atoms in total. The molecule has 2 aromatic heterocycles. The molecule has 15 heteroatoms. The van der Waals surface area contributed by atoms with E-state index in [2.05, 4.69) is 25.0 Å². The van der Waals surface area contributed by atoms with E-state index in [9.17, 15) is 36.5 Å². The normalized spacial score (nSPS) is 18.4. The highest BCUT2D eigenvalue weighted by molar-refractivity contribution is 7.93. The summed E-state index contributed by atoms with van der Waals surface area (Å²) in [6.45, 7) is 2.69. The molecule has 0 unspecified atom stereocenters. The number of rotatable bonds is 6. The molecule has 1 saturated heterocycles. The van der Waals surface area contributed by atoms with Crippen LogP contribution in [0.3, 0.4) is 0 Å². The van der Waals surface area contributed by atoms with E-state index >= 15 is 0 Å². The average Bonchev–Trinajstić information content (AvgIpc) is 3.31. The number of nitrogens with one attached hydrogen (secondary N) is 2. The number of ether oxygens (including phenoxy) is 1. The average molecular weight is 596 g/mol. The van der Waals surface area contributed by atoms with Gasteiger partial charge in [0.15, 0.2) is 5.75 Å². The molecule has 3 atom stereocenters. The first kappa shape index (κ1) is 30.0. The zero-order valence-corrected chi connectivity index (χ0v) is 22.8. The molecule has 218 valence electrons. The molecule has 41 heavy (non-hydrogen) atoms. The molecular formula is C26H25F4N5O5S. The lowest BCUT2D eigenvalue weighted by Gasteiger charge is -2.17. The zero-order chi connectivity index (χ0) is 30.1. The lowest BCUT2D eigenvalue weighted by molar-refractivity contribution is -0.138. The number of alkyl halides is 3. The molecule has 0 bridgehead atoms. The van der Waals surface area contributed by atoms with Crippen molar-refractivity contribution in [2.45, 2.75) is 43.5 Å². The van der Waals surface area contributed by atoms with Crippen molar-refractivity contribution in [3.8, 4) is 11.6 Å². The number of nitrogens with zero attached hydrogens (tertiary/aromatic N) is 3. The molecule has 1 fully saturated rings. The Balaban J connectivity index is 1.68. The van der Waals surface area contributed by atoms with E-state index in [0.717, 1.165) is 13.0 Å². The number of carbonyl (C=O) groups is 2. The van der Waals surface area contributed by atoms with Crippen LogP contribution >= 0.6 is 0 Å². The van der Waals surface area contributed by atoms with Gasteiger partial charge >= 0.3 is 6.18 Å². The fourth-order valence-corrected chi connectivity index (χ4v) is 5.39. The van der Waals surface area contributed by atoms with E-state index in [0.29, 0.717) is 6.20 Å². The quantitative estimate of drug-likeness (QED) is 0.287. The third kappa shape index (κ3) is 6.86. The molecule has 0 radical (unpaired) electrons. The van der Waals surface area contributed by atoms with Crippen LogP contribution in [0.5, 0.6) is 11.6 Å². The molecule has 1 aliphatic rings. The highest BCUT2D eigenvalue weighted by Crippen LogP contribution is 2.37. The maximum atomic E-state index is 13.7. The fraction of sp³-hybridized carbons (Fsp3) is 0.308. The molecular weight excluding hydrogens is 570 g/mol. The van der Waals surface area contributed by atoms with Crippen LogP contribution in [-0.4, -0.2) is 56.0 Å². The van der Waals surface area contributed by atoms with Gasteiger partial charge in [0, 0.05) is 29.6 Å². The second-order valence-electron chi connectivity index (χ2n) is 9.36. The highest BCUT2D eigenvalue weighted by Gasteiger charge is 2.36. The predicted octanol–water partition coefficient (Wildman–Crippen LogP) is 4.00. The van der Waals surface area contributed by atoms with Crippen LogP contribution in [0.25, 0.3) is 0 Å². The summed E-state index contributed by atoms with van der Waals surface area (Å²) in [5.41, 5.74) is -2.08. The number of halogens is 4. The van der Waals surface area contributed by atoms with Gasteiger partial charge in [-0.1, -0.05) is 6.07 Å². The smallest absolute Gasteiger partial charge is 0.418 e. The van der Waals surface area contributed by atoms with E-state index in [1.165, 1.54) is 43.5 Å². The summed E-state index contributed by atoms with van der Waals surface area (Å²) in [5.74, 6) is -3.05. The summed E-state index contributed by atoms with van der Waals surface area (Å²) in [5, 5.41) is 14.9. The summed E-state index contributed by atoms with van der Waals surface area (Å²) in [6.07, 6.45) is -3.68. The molecule has 0 spiro atoms. The Morgan fingerprint density at radius 1 is 1.22 bits per heavy atom. The van der Waals surface area contributed by atoms with E-state index < -0.39 is 68.4 Å². The van der Waals surface area contributed by atoms with Crippen LogP contribution in [0.15, 0.2) is 51.9 Å². The minimum absolute atomic E-state index is 0.0321. The summed E-state index contributed by atoms with van der Waals surface area (Å²) in [7, 11) is -3.30. The Morgan fingerprint density at radius 3 is 2.59 bits per heavy atom. The first-order valence-electron chi connectivity index (χ1n) is 12.1. The van der Waals surface area contributed by atoms with E-state index in [1.807, 2.05) is 0 Å². The van der Waals surface area contributed by atoms with Gasteiger partial charge in [0.25, 0.3) is 11.8 Å². The number of hydrogen-bond donors (Lipinski definition) is 3. The molecule has 3 heterocycles. The summed E-state index contributed by atoms with van der Waals surface area (Å²) in [4.78, 5) is 33.2. The molecule has 3 N–H and O–H groups in total. The number of aryl methyl sites for hydroxylation is 1. The van der Waals surface area contributed by atoms with Gasteiger partial charge in [-0.15, -0.1) is 0 Å². The van der Waals surface area contributed by atoms with Crippen molar-refractivity contribution in [2.24, 2.45) is 4.36 Å². The van der Waals surface area contributed by atoms with Crippen molar-refractivity contribution in [3.05, 3.63) is 70.9 Å². The Labute approximate surface area is 232 Å². The zero-order valence-electron chi connectivity index (χ0n) is 22.0. The minimum atomic E-state index is -4.83. The van der Waals surface area contributed by atoms with Crippen molar-refractivity contribution in [1.82, 2.24) is 15.3 Å². The van der Waals surface area contributed by atoms with Crippen LogP contribution in [0.4, 0.5) is 23.2 Å². The van der Waals surface area contributed by atoms with Gasteiger partial charge in [-0.05, 0) is 56.2 Å². The van der Waals surface area contributed by atoms with Gasteiger partial charge < -0.3 is 20.5 Å². The second-order valence-corrected chi connectivity index (χ2v) is 11.6. The molecule has 1 aliphatic heterocycles. The topological polar surface area (TPSA) is 143 Å². The highest BCUT2D eigenvalue weighted by atomic mass is 32.2. The largest absolute Gasteiger partial charge is 0.436 e. The maximum absolute atomic E-state index is 13.7. The van der Waals surface area contributed by atoms with Gasteiger partial charge in [0.1, 0.15) is 5.56 Å². The number of pyridine rings is 2. The molecule has 4 rings (SSSR count). The van der Waals surface area contributed by atoms with E-state index in [1.54, 1.807) is 0 Å². The third-order valence-electron chi connectivity index (χ3n) is 6.25. The Bertz CT molecular complexity index is 1640. The Hall–Kier alpha value is -3.95. The summed E-state index contributed by atoms with van der Waals surface area (Å²) in [6, 6.07) is 6.91. The van der Waals surface area contributed by atoms with Gasteiger partial charge in [-0.25, -0.2) is 14.2 Å². The van der Waals surface area contributed by atoms with Crippen LogP contribution in [0.2, 0.25) is 0 Å². The predicted molar refractivity (Wildman–Crippen MR) is 140 cm³/mol. The number of aliphatic hydroxyl groups is 1. The molecule has 0 aliphatic carbocycles. The van der Waals surface area contributed by atoms with Gasteiger partial charge in [-0.2, -0.15) is 21.9 Å². The molecule has 3 aromatic rings. The molecule has 2 amide bonds. The monoisotopic (exact) mass is 595 g/mol. The first-order valence-corrected chi connectivity index (χ1v) is 14.0. The van der Waals surface area contributed by atoms with Crippen LogP contribution in [-0.2, 0) is 20.7 Å². The van der Waals surface area contributed by atoms with E-state index in [-0.39, 0.29) is 35.0 Å². The van der Waals surface area contributed by atoms with Crippen molar-refractivity contribution >= 4 is 27.2 Å². The maximum Gasteiger partial charge on any atom is 0.418 e. The SMILES string of the molecule is Cc1nc(F)ccc1Oc1ncc(C(F)(F)F)c(C)c1C(=O)Nc1cccc([S@@](C)(=O)=NC(=O)[C@@H]2C[C@@H](O)CN2)c1. The van der Waals surface area contributed by atoms with Crippen molar-refractivity contribution < 1.29 is 41.2 Å². The third-order valence-corrected chi connectivity index (χ3v) is 7.90. The van der Waals surface area contributed by atoms with Crippen molar-refractivity contribution in [2.75, 3.05) is 18.1 Å². The van der Waals surface area contributed by atoms with Crippen molar-refractivity contribution in [3.63, 3.8) is 0 Å². The lowest BCUT2D eigenvalue weighted by Crippen LogP contribution is -2.30. The van der Waals surface area contributed by atoms with E-state index in [4.69, 9.17) is 4.74 Å². The first-order chi connectivity index (χ1) is 19.2. The fourth-order valence-electron chi connectivity index (χ4n) is 4.14. The standard InChI is InChI=1S/C26H25F4N5O5S/c1-13-18(26(28,29)30)12-32-25(40-20-7-8-21(27)33-14(20)2)22(13)24(38)34-15-5-4-6-17(9-15)41(3,39)35-23(37)19-10-16(36)11-31-19/h4-9,12,16,19,31,36H,10-11H2,1-3H3,(H,34,38)/t16-,19+,41-/m1/s1. The number of benzene rings is 1. The number of β-amino-alcohol motifs (C(OH)–C–C–N with tert-alkyl or cyclic N) is 1. The number of amides is 2. The Kier molecular flexibility index (Phi) is 8.42. The van der Waals surface area contributed by atoms with Gasteiger partial charge in [0.05, 0.1) is 33.1 Å². The number of anilines is 1. The summed E-state index contributed by atoms with van der Waals surface area (Å²) < 4.78 is 77.1. The molecule has 0 saturated carbocycles. The Morgan fingerprint density at radius 2 is 1.95 bits per heavy atom. The van der Waals surface area contributed by atoms with Crippen LogP contribution < -0.4 is 15.4 Å². The van der Waals surface area contributed by atoms with Crippen LogP contribution in [0, 0.1) is 19.8 Å². The van der Waals surface area contributed by atoms with Crippen LogP contribution in [0.1, 0.15) is 33.6 Å². The van der Waals surface area contributed by atoms with Gasteiger partial charge in [0.2, 0.25) is 11.8 Å².